The summed E-state index contributed by atoms with van der Waals surface area (Å²) < 4.78 is 19.1. The smallest absolute Gasteiger partial charge is 0.257 e. The Bertz CT molecular complexity index is 475. The number of thioether (sulfide) groups is 1. The number of carbonyl (C=O) groups is 1. The number of ether oxygens (including phenoxy) is 1. The SMILES string of the molecule is COCCN(C(=O)c1ccc(C)cc1F)C1CCSC1. The Labute approximate surface area is 123 Å². The fourth-order valence-electron chi connectivity index (χ4n) is 2.36. The molecular weight excluding hydrogens is 277 g/mol. The second-order valence-electron chi connectivity index (χ2n) is 4.99. The Morgan fingerprint density at radius 1 is 1.55 bits per heavy atom. The van der Waals surface area contributed by atoms with Gasteiger partial charge in [-0.05, 0) is 36.8 Å². The molecule has 0 N–H and O–H groups in total. The van der Waals surface area contributed by atoms with Crippen LogP contribution in [0.1, 0.15) is 22.3 Å². The molecule has 1 unspecified atom stereocenters. The van der Waals surface area contributed by atoms with E-state index >= 15 is 0 Å². The summed E-state index contributed by atoms with van der Waals surface area (Å²) in [5.41, 5.74) is 0.975. The molecule has 20 heavy (non-hydrogen) atoms. The van der Waals surface area contributed by atoms with Gasteiger partial charge in [-0.1, -0.05) is 6.07 Å². The number of rotatable bonds is 5. The highest BCUT2D eigenvalue weighted by atomic mass is 32.2. The third-order valence-corrected chi connectivity index (χ3v) is 4.64. The highest BCUT2D eigenvalue weighted by Gasteiger charge is 2.28. The first-order valence-electron chi connectivity index (χ1n) is 6.77. The van der Waals surface area contributed by atoms with E-state index in [-0.39, 0.29) is 17.5 Å². The van der Waals surface area contributed by atoms with Crippen LogP contribution in [0.2, 0.25) is 0 Å². The van der Waals surface area contributed by atoms with Crippen LogP contribution in [0.25, 0.3) is 0 Å². The van der Waals surface area contributed by atoms with Crippen LogP contribution in [-0.2, 0) is 4.74 Å². The zero-order valence-corrected chi connectivity index (χ0v) is 12.7. The average molecular weight is 297 g/mol. The summed E-state index contributed by atoms with van der Waals surface area (Å²) in [6.07, 6.45) is 0.966. The molecule has 0 aliphatic carbocycles. The highest BCUT2D eigenvalue weighted by molar-refractivity contribution is 7.99. The van der Waals surface area contributed by atoms with E-state index in [1.165, 1.54) is 6.07 Å². The first-order chi connectivity index (χ1) is 9.63. The van der Waals surface area contributed by atoms with Crippen molar-refractivity contribution in [3.8, 4) is 0 Å². The molecule has 2 rings (SSSR count). The Morgan fingerprint density at radius 3 is 2.95 bits per heavy atom. The van der Waals surface area contributed by atoms with E-state index in [2.05, 4.69) is 0 Å². The standard InChI is InChI=1S/C15H20FNO2S/c1-11-3-4-13(14(16)9-11)15(18)17(6-7-19-2)12-5-8-20-10-12/h3-4,9,12H,5-8,10H2,1-2H3. The summed E-state index contributed by atoms with van der Waals surface area (Å²) in [4.78, 5) is 14.4. The number of carbonyl (C=O) groups excluding carboxylic acids is 1. The quantitative estimate of drug-likeness (QED) is 0.837. The molecular formula is C15H20FNO2S. The minimum Gasteiger partial charge on any atom is -0.383 e. The van der Waals surface area contributed by atoms with Gasteiger partial charge in [0.1, 0.15) is 5.82 Å². The van der Waals surface area contributed by atoms with Gasteiger partial charge in [0.15, 0.2) is 0 Å². The molecule has 0 spiro atoms. The van der Waals surface area contributed by atoms with E-state index in [4.69, 9.17) is 4.74 Å². The second kappa shape index (κ2) is 7.09. The van der Waals surface area contributed by atoms with Gasteiger partial charge in [0, 0.05) is 25.4 Å². The lowest BCUT2D eigenvalue weighted by atomic mass is 10.1. The molecule has 1 aromatic carbocycles. The lowest BCUT2D eigenvalue weighted by Crippen LogP contribution is -2.42. The Balaban J connectivity index is 2.20. The van der Waals surface area contributed by atoms with Crippen molar-refractivity contribution in [1.82, 2.24) is 4.90 Å². The molecule has 1 fully saturated rings. The van der Waals surface area contributed by atoms with Crippen LogP contribution in [0.5, 0.6) is 0 Å². The van der Waals surface area contributed by atoms with Crippen molar-refractivity contribution in [3.63, 3.8) is 0 Å². The number of methoxy groups -OCH3 is 1. The zero-order valence-electron chi connectivity index (χ0n) is 11.9. The Morgan fingerprint density at radius 2 is 2.35 bits per heavy atom. The van der Waals surface area contributed by atoms with Gasteiger partial charge in [0.05, 0.1) is 12.2 Å². The first kappa shape index (κ1) is 15.3. The van der Waals surface area contributed by atoms with Gasteiger partial charge in [-0.25, -0.2) is 4.39 Å². The van der Waals surface area contributed by atoms with Crippen LogP contribution in [0, 0.1) is 12.7 Å². The van der Waals surface area contributed by atoms with Crippen LogP contribution in [0.3, 0.4) is 0 Å². The zero-order chi connectivity index (χ0) is 14.5. The van der Waals surface area contributed by atoms with Crippen LogP contribution in [0.4, 0.5) is 4.39 Å². The van der Waals surface area contributed by atoms with Crippen molar-refractivity contribution in [2.75, 3.05) is 31.8 Å². The number of nitrogens with zero attached hydrogens (tertiary/aromatic N) is 1. The predicted octanol–water partition coefficient (Wildman–Crippen LogP) is 2.73. The summed E-state index contributed by atoms with van der Waals surface area (Å²) in [7, 11) is 1.61. The minimum atomic E-state index is -0.442. The summed E-state index contributed by atoms with van der Waals surface area (Å²) in [6.45, 7) is 2.79. The molecule has 1 aliphatic heterocycles. The van der Waals surface area contributed by atoms with Crippen molar-refractivity contribution in [2.24, 2.45) is 0 Å². The molecule has 1 atom stereocenters. The molecule has 0 radical (unpaired) electrons. The van der Waals surface area contributed by atoms with Crippen molar-refractivity contribution in [3.05, 3.63) is 35.1 Å². The number of hydrogen-bond acceptors (Lipinski definition) is 3. The van der Waals surface area contributed by atoms with Gasteiger partial charge in [-0.3, -0.25) is 4.79 Å². The summed E-state index contributed by atoms with van der Waals surface area (Å²) >= 11 is 1.83. The Hall–Kier alpha value is -1.07. The van der Waals surface area contributed by atoms with Crippen LogP contribution in [0.15, 0.2) is 18.2 Å². The molecule has 1 aromatic rings. The van der Waals surface area contributed by atoms with E-state index in [9.17, 15) is 9.18 Å². The molecule has 1 amide bonds. The third-order valence-electron chi connectivity index (χ3n) is 3.50. The maximum Gasteiger partial charge on any atom is 0.257 e. The van der Waals surface area contributed by atoms with Gasteiger partial charge in [-0.2, -0.15) is 11.8 Å². The number of halogens is 1. The molecule has 110 valence electrons. The van der Waals surface area contributed by atoms with Gasteiger partial charge in [0.2, 0.25) is 0 Å². The summed E-state index contributed by atoms with van der Waals surface area (Å²) in [5, 5.41) is 0. The van der Waals surface area contributed by atoms with Crippen molar-refractivity contribution < 1.29 is 13.9 Å². The summed E-state index contributed by atoms with van der Waals surface area (Å²) in [6, 6.07) is 4.94. The van der Waals surface area contributed by atoms with Crippen molar-refractivity contribution >= 4 is 17.7 Å². The molecule has 0 aromatic heterocycles. The van der Waals surface area contributed by atoms with Crippen molar-refractivity contribution in [2.45, 2.75) is 19.4 Å². The lowest BCUT2D eigenvalue weighted by Gasteiger charge is -2.28. The van der Waals surface area contributed by atoms with E-state index in [1.807, 2.05) is 18.7 Å². The maximum absolute atomic E-state index is 14.0. The van der Waals surface area contributed by atoms with Gasteiger partial charge in [0.25, 0.3) is 5.91 Å². The molecule has 1 saturated heterocycles. The predicted molar refractivity (Wildman–Crippen MR) is 79.8 cm³/mol. The number of hydrogen-bond donors (Lipinski definition) is 0. The normalized spacial score (nSPS) is 18.2. The second-order valence-corrected chi connectivity index (χ2v) is 6.14. The van der Waals surface area contributed by atoms with Gasteiger partial charge < -0.3 is 9.64 Å². The minimum absolute atomic E-state index is 0.156. The largest absolute Gasteiger partial charge is 0.383 e. The highest BCUT2D eigenvalue weighted by Crippen LogP contribution is 2.24. The average Bonchev–Trinajstić information content (AvgIpc) is 2.93. The van der Waals surface area contributed by atoms with E-state index in [0.717, 1.165) is 23.5 Å². The molecule has 1 aliphatic rings. The third kappa shape index (κ3) is 3.52. The van der Waals surface area contributed by atoms with Crippen LogP contribution < -0.4 is 0 Å². The summed E-state index contributed by atoms with van der Waals surface area (Å²) in [5.74, 6) is 1.30. The van der Waals surface area contributed by atoms with E-state index < -0.39 is 5.82 Å². The molecule has 0 bridgehead atoms. The number of amides is 1. The maximum atomic E-state index is 14.0. The van der Waals surface area contributed by atoms with Gasteiger partial charge >= 0.3 is 0 Å². The topological polar surface area (TPSA) is 29.5 Å². The van der Waals surface area contributed by atoms with E-state index in [1.54, 1.807) is 24.1 Å². The van der Waals surface area contributed by atoms with E-state index in [0.29, 0.717) is 13.2 Å². The monoisotopic (exact) mass is 297 g/mol. The van der Waals surface area contributed by atoms with Gasteiger partial charge in [-0.15, -0.1) is 0 Å². The first-order valence-corrected chi connectivity index (χ1v) is 7.92. The molecule has 0 saturated carbocycles. The molecule has 3 nitrogen and oxygen atoms in total. The number of aryl methyl sites for hydroxylation is 1. The fourth-order valence-corrected chi connectivity index (χ4v) is 3.58. The van der Waals surface area contributed by atoms with Crippen LogP contribution >= 0.6 is 11.8 Å². The molecule has 1 heterocycles. The van der Waals surface area contributed by atoms with Crippen LogP contribution in [-0.4, -0.2) is 48.6 Å². The molecule has 5 heteroatoms. The van der Waals surface area contributed by atoms with Crippen molar-refractivity contribution in [1.29, 1.82) is 0 Å². The Kier molecular flexibility index (Phi) is 5.43. The number of benzene rings is 1. The fraction of sp³-hybridized carbons (Fsp3) is 0.533. The lowest BCUT2D eigenvalue weighted by molar-refractivity contribution is 0.0620.